The van der Waals surface area contributed by atoms with E-state index in [9.17, 15) is 9.59 Å². The van der Waals surface area contributed by atoms with E-state index < -0.39 is 11.9 Å². The number of aliphatic carboxylic acids is 1. The van der Waals surface area contributed by atoms with Crippen molar-refractivity contribution in [2.45, 2.75) is 33.6 Å². The van der Waals surface area contributed by atoms with Gasteiger partial charge < -0.3 is 14.5 Å². The molecule has 0 saturated carbocycles. The molecule has 1 aliphatic heterocycles. The molecule has 1 N–H and O–H groups in total. The van der Waals surface area contributed by atoms with Crippen LogP contribution in [0.1, 0.15) is 48.5 Å². The van der Waals surface area contributed by atoms with Gasteiger partial charge in [0.1, 0.15) is 5.56 Å². The Hall–Kier alpha value is -1.85. The van der Waals surface area contributed by atoms with Gasteiger partial charge in [0.25, 0.3) is 5.91 Å². The zero-order valence-electron chi connectivity index (χ0n) is 12.2. The van der Waals surface area contributed by atoms with E-state index in [1.54, 1.807) is 11.8 Å². The van der Waals surface area contributed by atoms with E-state index in [1.807, 2.05) is 20.8 Å². The Morgan fingerprint density at radius 1 is 1.40 bits per heavy atom. The van der Waals surface area contributed by atoms with Crippen LogP contribution in [0.2, 0.25) is 0 Å². The van der Waals surface area contributed by atoms with Crippen LogP contribution >= 0.6 is 0 Å². The molecule has 0 spiro atoms. The van der Waals surface area contributed by atoms with Gasteiger partial charge in [-0.25, -0.2) is 0 Å². The number of hydrogen-bond acceptors (Lipinski definition) is 4. The second-order valence-corrected chi connectivity index (χ2v) is 5.79. The van der Waals surface area contributed by atoms with Crippen LogP contribution in [0, 0.1) is 18.8 Å². The van der Waals surface area contributed by atoms with Crippen molar-refractivity contribution in [1.29, 1.82) is 0 Å². The first-order chi connectivity index (χ1) is 9.32. The van der Waals surface area contributed by atoms with Crippen molar-refractivity contribution in [3.05, 3.63) is 17.0 Å². The molecule has 1 saturated heterocycles. The van der Waals surface area contributed by atoms with E-state index in [2.05, 4.69) is 5.16 Å². The molecule has 2 atom stereocenters. The Balaban J connectivity index is 2.25. The minimum Gasteiger partial charge on any atom is -0.481 e. The van der Waals surface area contributed by atoms with Crippen LogP contribution in [-0.4, -0.2) is 40.1 Å². The number of hydrogen-bond donors (Lipinski definition) is 1. The number of nitrogens with zero attached hydrogens (tertiary/aromatic N) is 2. The Labute approximate surface area is 117 Å². The first-order valence-corrected chi connectivity index (χ1v) is 6.81. The SMILES string of the molecule is Cc1noc(C(C)C)c1C(=O)N1CC(C)C(C(=O)O)C1. The monoisotopic (exact) mass is 280 g/mol. The van der Waals surface area contributed by atoms with Crippen molar-refractivity contribution in [2.75, 3.05) is 13.1 Å². The average Bonchev–Trinajstić information content (AvgIpc) is 2.91. The van der Waals surface area contributed by atoms with Crippen LogP contribution < -0.4 is 0 Å². The number of aryl methyl sites for hydroxylation is 1. The van der Waals surface area contributed by atoms with Crippen LogP contribution in [0.15, 0.2) is 4.52 Å². The molecule has 2 rings (SSSR count). The minimum absolute atomic E-state index is 0.0425. The normalized spacial score (nSPS) is 22.6. The lowest BCUT2D eigenvalue weighted by atomic mass is 9.99. The van der Waals surface area contributed by atoms with Gasteiger partial charge in [-0.3, -0.25) is 9.59 Å². The zero-order valence-corrected chi connectivity index (χ0v) is 12.2. The van der Waals surface area contributed by atoms with Gasteiger partial charge in [0, 0.05) is 19.0 Å². The molecular weight excluding hydrogens is 260 g/mol. The fourth-order valence-electron chi connectivity index (χ4n) is 2.65. The van der Waals surface area contributed by atoms with Crippen molar-refractivity contribution in [2.24, 2.45) is 11.8 Å². The number of carboxylic acids is 1. The summed E-state index contributed by atoms with van der Waals surface area (Å²) in [4.78, 5) is 25.3. The lowest BCUT2D eigenvalue weighted by Gasteiger charge is -2.16. The molecule has 2 heterocycles. The fraction of sp³-hybridized carbons (Fsp3) is 0.643. The standard InChI is InChI=1S/C14H20N2O4/c1-7(2)12-11(9(4)15-20-12)13(17)16-5-8(3)10(6-16)14(18)19/h7-8,10H,5-6H2,1-4H3,(H,18,19). The highest BCUT2D eigenvalue weighted by Crippen LogP contribution is 2.28. The predicted molar refractivity (Wildman–Crippen MR) is 71.5 cm³/mol. The summed E-state index contributed by atoms with van der Waals surface area (Å²) in [5.74, 6) is -0.938. The Morgan fingerprint density at radius 3 is 2.55 bits per heavy atom. The highest BCUT2D eigenvalue weighted by atomic mass is 16.5. The lowest BCUT2D eigenvalue weighted by molar-refractivity contribution is -0.142. The molecule has 0 bridgehead atoms. The number of carbonyl (C=O) groups is 2. The third kappa shape index (κ3) is 2.42. The smallest absolute Gasteiger partial charge is 0.308 e. The maximum Gasteiger partial charge on any atom is 0.308 e. The van der Waals surface area contributed by atoms with Crippen molar-refractivity contribution < 1.29 is 19.2 Å². The van der Waals surface area contributed by atoms with Gasteiger partial charge in [0.15, 0.2) is 5.76 Å². The molecule has 1 aromatic heterocycles. The highest BCUT2D eigenvalue weighted by molar-refractivity contribution is 5.97. The first-order valence-electron chi connectivity index (χ1n) is 6.81. The van der Waals surface area contributed by atoms with E-state index in [4.69, 9.17) is 9.63 Å². The molecule has 2 unspecified atom stereocenters. The highest BCUT2D eigenvalue weighted by Gasteiger charge is 2.39. The Bertz CT molecular complexity index is 535. The van der Waals surface area contributed by atoms with Crippen LogP contribution in [0.4, 0.5) is 0 Å². The van der Waals surface area contributed by atoms with Gasteiger partial charge in [0.2, 0.25) is 0 Å². The molecule has 20 heavy (non-hydrogen) atoms. The summed E-state index contributed by atoms with van der Waals surface area (Å²) < 4.78 is 5.22. The lowest BCUT2D eigenvalue weighted by Crippen LogP contribution is -2.30. The molecule has 1 aliphatic rings. The molecule has 0 aliphatic carbocycles. The van der Waals surface area contributed by atoms with E-state index >= 15 is 0 Å². The summed E-state index contributed by atoms with van der Waals surface area (Å²) in [6.07, 6.45) is 0. The summed E-state index contributed by atoms with van der Waals surface area (Å²) in [6, 6.07) is 0. The topological polar surface area (TPSA) is 83.6 Å². The molecule has 1 amide bonds. The Kier molecular flexibility index (Phi) is 3.83. The van der Waals surface area contributed by atoms with E-state index in [1.165, 1.54) is 0 Å². The van der Waals surface area contributed by atoms with Gasteiger partial charge >= 0.3 is 5.97 Å². The van der Waals surface area contributed by atoms with Crippen LogP contribution in [0.3, 0.4) is 0 Å². The summed E-state index contributed by atoms with van der Waals surface area (Å²) in [6.45, 7) is 8.16. The van der Waals surface area contributed by atoms with Crippen LogP contribution in [0.5, 0.6) is 0 Å². The van der Waals surface area contributed by atoms with Gasteiger partial charge in [0.05, 0.1) is 11.6 Å². The van der Waals surface area contributed by atoms with Crippen LogP contribution in [-0.2, 0) is 4.79 Å². The third-order valence-corrected chi connectivity index (χ3v) is 3.84. The number of carbonyl (C=O) groups excluding carboxylic acids is 1. The molecule has 0 aromatic carbocycles. The maximum absolute atomic E-state index is 12.6. The summed E-state index contributed by atoms with van der Waals surface area (Å²) in [5.41, 5.74) is 1.04. The number of likely N-dealkylation sites (tertiary alicyclic amines) is 1. The summed E-state index contributed by atoms with van der Waals surface area (Å²) >= 11 is 0. The second-order valence-electron chi connectivity index (χ2n) is 5.79. The molecular formula is C14H20N2O4. The van der Waals surface area contributed by atoms with E-state index in [0.717, 1.165) is 0 Å². The van der Waals surface area contributed by atoms with Crippen molar-refractivity contribution in [3.8, 4) is 0 Å². The maximum atomic E-state index is 12.6. The summed E-state index contributed by atoms with van der Waals surface area (Å²) in [7, 11) is 0. The Morgan fingerprint density at radius 2 is 2.05 bits per heavy atom. The summed E-state index contributed by atoms with van der Waals surface area (Å²) in [5, 5.41) is 13.0. The third-order valence-electron chi connectivity index (χ3n) is 3.84. The van der Waals surface area contributed by atoms with Crippen molar-refractivity contribution in [3.63, 3.8) is 0 Å². The molecule has 110 valence electrons. The first kappa shape index (κ1) is 14.6. The quantitative estimate of drug-likeness (QED) is 0.914. The fourth-order valence-corrected chi connectivity index (χ4v) is 2.65. The van der Waals surface area contributed by atoms with E-state index in [-0.39, 0.29) is 24.3 Å². The average molecular weight is 280 g/mol. The number of carboxylic acid groups (broad SMARTS) is 1. The molecule has 6 nitrogen and oxygen atoms in total. The number of aromatic nitrogens is 1. The number of rotatable bonds is 3. The molecule has 6 heteroatoms. The molecule has 1 fully saturated rings. The van der Waals surface area contributed by atoms with Gasteiger partial charge in [-0.1, -0.05) is 25.9 Å². The van der Waals surface area contributed by atoms with E-state index in [0.29, 0.717) is 23.6 Å². The van der Waals surface area contributed by atoms with Gasteiger partial charge in [-0.15, -0.1) is 0 Å². The van der Waals surface area contributed by atoms with Crippen molar-refractivity contribution >= 4 is 11.9 Å². The minimum atomic E-state index is -0.848. The van der Waals surface area contributed by atoms with Gasteiger partial charge in [-0.05, 0) is 12.8 Å². The largest absolute Gasteiger partial charge is 0.481 e. The second kappa shape index (κ2) is 5.26. The van der Waals surface area contributed by atoms with Crippen LogP contribution in [0.25, 0.3) is 0 Å². The molecule has 0 radical (unpaired) electrons. The zero-order chi connectivity index (χ0) is 15.0. The predicted octanol–water partition coefficient (Wildman–Crippen LogP) is 1.90. The molecule has 1 aromatic rings. The number of amides is 1. The van der Waals surface area contributed by atoms with Gasteiger partial charge in [-0.2, -0.15) is 0 Å². The van der Waals surface area contributed by atoms with Crippen molar-refractivity contribution in [1.82, 2.24) is 10.1 Å².